The first-order valence-electron chi connectivity index (χ1n) is 4.11. The summed E-state index contributed by atoms with van der Waals surface area (Å²) in [5.74, 6) is -0.281. The van der Waals surface area contributed by atoms with E-state index in [4.69, 9.17) is 0 Å². The van der Waals surface area contributed by atoms with Gasteiger partial charge in [-0.3, -0.25) is 4.79 Å². The molecule has 1 N–H and O–H groups in total. The molecule has 1 aromatic rings. The third kappa shape index (κ3) is 4.44. The maximum Gasteiger partial charge on any atom is 0.446 e. The van der Waals surface area contributed by atoms with Crippen LogP contribution < -0.4 is 5.32 Å². The molecule has 0 aliphatic carbocycles. The van der Waals surface area contributed by atoms with Crippen LogP contribution in [0.25, 0.3) is 0 Å². The number of carbonyl (C=O) groups is 1. The smallest absolute Gasteiger partial charge is 0.325 e. The van der Waals surface area contributed by atoms with E-state index in [0.29, 0.717) is 10.2 Å². The molecule has 0 aliphatic rings. The summed E-state index contributed by atoms with van der Waals surface area (Å²) in [6.07, 6.45) is 0. The molecule has 1 amide bonds. The second kappa shape index (κ2) is 5.09. The fourth-order valence-corrected chi connectivity index (χ4v) is 2.19. The Balaban J connectivity index is 2.87. The van der Waals surface area contributed by atoms with E-state index in [2.05, 4.69) is 21.2 Å². The monoisotopic (exact) mass is 313 g/mol. The Morgan fingerprint density at radius 1 is 1.44 bits per heavy atom. The molecule has 16 heavy (non-hydrogen) atoms. The summed E-state index contributed by atoms with van der Waals surface area (Å²) in [4.78, 5) is 10.8. The lowest BCUT2D eigenvalue weighted by Gasteiger charge is -2.09. The molecule has 0 saturated heterocycles. The SMILES string of the molecule is CC(=O)Nc1ccc(SC(F)(F)F)cc1Br. The lowest BCUT2D eigenvalue weighted by atomic mass is 10.3. The Morgan fingerprint density at radius 3 is 2.50 bits per heavy atom. The summed E-state index contributed by atoms with van der Waals surface area (Å²) in [6, 6.07) is 4.02. The van der Waals surface area contributed by atoms with Crippen molar-refractivity contribution in [1.82, 2.24) is 0 Å². The maximum absolute atomic E-state index is 12.1. The molecule has 2 nitrogen and oxygen atoms in total. The van der Waals surface area contributed by atoms with Gasteiger partial charge in [0.15, 0.2) is 0 Å². The highest BCUT2D eigenvalue weighted by molar-refractivity contribution is 9.10. The fraction of sp³-hybridized carbons (Fsp3) is 0.222. The Labute approximate surface area is 103 Å². The first-order chi connectivity index (χ1) is 7.28. The normalized spacial score (nSPS) is 11.3. The van der Waals surface area contributed by atoms with Crippen LogP contribution in [0.3, 0.4) is 0 Å². The minimum Gasteiger partial charge on any atom is -0.325 e. The van der Waals surface area contributed by atoms with Crippen LogP contribution in [-0.4, -0.2) is 11.4 Å². The lowest BCUT2D eigenvalue weighted by molar-refractivity contribution is -0.114. The molecule has 0 atom stereocenters. The van der Waals surface area contributed by atoms with Gasteiger partial charge >= 0.3 is 5.51 Å². The molecular formula is C9H7BrF3NOS. The number of rotatable bonds is 2. The number of nitrogens with one attached hydrogen (secondary N) is 1. The minimum absolute atomic E-state index is 0.0634. The average Bonchev–Trinajstić information content (AvgIpc) is 2.06. The van der Waals surface area contributed by atoms with Gasteiger partial charge in [0.1, 0.15) is 0 Å². The van der Waals surface area contributed by atoms with Crippen LogP contribution in [0, 0.1) is 0 Å². The van der Waals surface area contributed by atoms with Crippen LogP contribution in [0.15, 0.2) is 27.6 Å². The molecular weight excluding hydrogens is 307 g/mol. The molecule has 88 valence electrons. The number of thioether (sulfide) groups is 1. The van der Waals surface area contributed by atoms with Crippen LogP contribution in [0.4, 0.5) is 18.9 Å². The third-order valence-electron chi connectivity index (χ3n) is 1.48. The van der Waals surface area contributed by atoms with Crippen molar-refractivity contribution in [2.45, 2.75) is 17.3 Å². The van der Waals surface area contributed by atoms with Crippen molar-refractivity contribution in [3.05, 3.63) is 22.7 Å². The highest BCUT2D eigenvalue weighted by atomic mass is 79.9. The van der Waals surface area contributed by atoms with E-state index in [1.807, 2.05) is 0 Å². The van der Waals surface area contributed by atoms with Crippen molar-refractivity contribution < 1.29 is 18.0 Å². The standard InChI is InChI=1S/C9H7BrF3NOS/c1-5(15)14-8-3-2-6(4-7(8)10)16-9(11,12)13/h2-4H,1H3,(H,14,15). The molecule has 1 aromatic carbocycles. The van der Waals surface area contributed by atoms with Gasteiger partial charge in [-0.25, -0.2) is 0 Å². The predicted octanol–water partition coefficient (Wildman–Crippen LogP) is 4.02. The molecule has 0 unspecified atom stereocenters. The molecule has 0 bridgehead atoms. The number of amides is 1. The van der Waals surface area contributed by atoms with Crippen LogP contribution >= 0.6 is 27.7 Å². The number of anilines is 1. The zero-order chi connectivity index (χ0) is 12.3. The van der Waals surface area contributed by atoms with Gasteiger partial charge in [0.05, 0.1) is 5.69 Å². The number of carbonyl (C=O) groups excluding carboxylic acids is 1. The Morgan fingerprint density at radius 2 is 2.06 bits per heavy atom. The average molecular weight is 314 g/mol. The van der Waals surface area contributed by atoms with Crippen LogP contribution in [0.5, 0.6) is 0 Å². The molecule has 0 spiro atoms. The lowest BCUT2D eigenvalue weighted by Crippen LogP contribution is -2.06. The van der Waals surface area contributed by atoms with E-state index in [0.717, 1.165) is 0 Å². The first kappa shape index (κ1) is 13.4. The van der Waals surface area contributed by atoms with E-state index >= 15 is 0 Å². The summed E-state index contributed by atoms with van der Waals surface area (Å²) < 4.78 is 36.6. The largest absolute Gasteiger partial charge is 0.446 e. The van der Waals surface area contributed by atoms with Crippen molar-refractivity contribution in [1.29, 1.82) is 0 Å². The van der Waals surface area contributed by atoms with Crippen LogP contribution in [-0.2, 0) is 4.79 Å². The number of hydrogen-bond donors (Lipinski definition) is 1. The fourth-order valence-electron chi connectivity index (χ4n) is 0.984. The van der Waals surface area contributed by atoms with Crippen molar-refractivity contribution in [3.8, 4) is 0 Å². The number of benzene rings is 1. The molecule has 0 radical (unpaired) electrons. The molecule has 7 heteroatoms. The van der Waals surface area contributed by atoms with E-state index in [9.17, 15) is 18.0 Å². The summed E-state index contributed by atoms with van der Waals surface area (Å²) in [6.45, 7) is 1.32. The van der Waals surface area contributed by atoms with Gasteiger partial charge in [-0.1, -0.05) is 0 Å². The number of alkyl halides is 3. The van der Waals surface area contributed by atoms with Crippen LogP contribution in [0.1, 0.15) is 6.92 Å². The quantitative estimate of drug-likeness (QED) is 0.836. The van der Waals surface area contributed by atoms with Gasteiger partial charge in [-0.05, 0) is 45.9 Å². The highest BCUT2D eigenvalue weighted by Crippen LogP contribution is 2.39. The van der Waals surface area contributed by atoms with Crippen molar-refractivity contribution in [2.24, 2.45) is 0 Å². The number of hydrogen-bond acceptors (Lipinski definition) is 2. The highest BCUT2D eigenvalue weighted by Gasteiger charge is 2.29. The van der Waals surface area contributed by atoms with E-state index in [-0.39, 0.29) is 22.6 Å². The van der Waals surface area contributed by atoms with Gasteiger partial charge in [0.2, 0.25) is 5.91 Å². The number of halogens is 4. The maximum atomic E-state index is 12.1. The zero-order valence-electron chi connectivity index (χ0n) is 8.06. The molecule has 0 aliphatic heterocycles. The topological polar surface area (TPSA) is 29.1 Å². The van der Waals surface area contributed by atoms with E-state index in [1.54, 1.807) is 0 Å². The van der Waals surface area contributed by atoms with Gasteiger partial charge in [-0.2, -0.15) is 13.2 Å². The predicted molar refractivity (Wildman–Crippen MR) is 60.4 cm³/mol. The van der Waals surface area contributed by atoms with Crippen molar-refractivity contribution in [2.75, 3.05) is 5.32 Å². The minimum atomic E-state index is -4.31. The molecule has 1 rings (SSSR count). The molecule has 0 heterocycles. The summed E-state index contributed by atoms with van der Waals surface area (Å²) >= 11 is 2.89. The van der Waals surface area contributed by atoms with Crippen molar-refractivity contribution in [3.63, 3.8) is 0 Å². The molecule has 0 fully saturated rings. The second-order valence-corrected chi connectivity index (χ2v) is 4.86. The molecule has 0 saturated carbocycles. The van der Waals surface area contributed by atoms with Crippen molar-refractivity contribution >= 4 is 39.3 Å². The van der Waals surface area contributed by atoms with Gasteiger partial charge < -0.3 is 5.32 Å². The Kier molecular flexibility index (Phi) is 4.26. The molecule has 0 aromatic heterocycles. The van der Waals surface area contributed by atoms with Crippen LogP contribution in [0.2, 0.25) is 0 Å². The summed E-state index contributed by atoms with van der Waals surface area (Å²) in [5.41, 5.74) is -3.87. The Bertz CT molecular complexity index is 408. The second-order valence-electron chi connectivity index (χ2n) is 2.87. The summed E-state index contributed by atoms with van der Waals surface area (Å²) in [5, 5.41) is 2.49. The Hall–Kier alpha value is -0.690. The van der Waals surface area contributed by atoms with Gasteiger partial charge in [0.25, 0.3) is 0 Å². The third-order valence-corrected chi connectivity index (χ3v) is 2.86. The van der Waals surface area contributed by atoms with Gasteiger partial charge in [0, 0.05) is 16.3 Å². The van der Waals surface area contributed by atoms with E-state index < -0.39 is 5.51 Å². The van der Waals surface area contributed by atoms with Gasteiger partial charge in [-0.15, -0.1) is 0 Å². The first-order valence-corrected chi connectivity index (χ1v) is 5.72. The zero-order valence-corrected chi connectivity index (χ0v) is 10.5. The summed E-state index contributed by atoms with van der Waals surface area (Å²) in [7, 11) is 0. The van der Waals surface area contributed by atoms with E-state index in [1.165, 1.54) is 25.1 Å².